The number of hydrogen-bond donors (Lipinski definition) is 1. The molecule has 18 heavy (non-hydrogen) atoms. The van der Waals surface area contributed by atoms with Crippen LogP contribution in [0.5, 0.6) is 0 Å². The second-order valence-electron chi connectivity index (χ2n) is 7.23. The molecule has 0 aliphatic heterocycles. The highest BCUT2D eigenvalue weighted by atomic mass is 15.2. The molecule has 2 aliphatic carbocycles. The van der Waals surface area contributed by atoms with Crippen LogP contribution in [0.4, 0.5) is 0 Å². The molecule has 2 rings (SSSR count). The zero-order valence-electron chi connectivity index (χ0n) is 12.7. The van der Waals surface area contributed by atoms with E-state index in [9.17, 15) is 0 Å². The first-order valence-corrected chi connectivity index (χ1v) is 7.96. The van der Waals surface area contributed by atoms with Crippen LogP contribution in [0.2, 0.25) is 0 Å². The van der Waals surface area contributed by atoms with Gasteiger partial charge >= 0.3 is 0 Å². The summed E-state index contributed by atoms with van der Waals surface area (Å²) in [5.41, 5.74) is 6.88. The molecule has 2 nitrogen and oxygen atoms in total. The van der Waals surface area contributed by atoms with Crippen LogP contribution in [-0.4, -0.2) is 30.1 Å². The second-order valence-corrected chi connectivity index (χ2v) is 7.23. The summed E-state index contributed by atoms with van der Waals surface area (Å²) in [6.45, 7) is 5.69. The zero-order chi connectivity index (χ0) is 13.2. The Hall–Kier alpha value is -0.0800. The van der Waals surface area contributed by atoms with Gasteiger partial charge in [0.1, 0.15) is 0 Å². The standard InChI is InChI=1S/C16H32N2/c1-15(2)11-8-12-16(15,13-17)18(3)14-9-6-4-5-7-10-14/h14H,4-13,17H2,1-3H3. The van der Waals surface area contributed by atoms with Crippen LogP contribution in [0.3, 0.4) is 0 Å². The monoisotopic (exact) mass is 252 g/mol. The predicted molar refractivity (Wildman–Crippen MR) is 78.7 cm³/mol. The number of likely N-dealkylation sites (N-methyl/N-ethyl adjacent to an activating group) is 1. The molecule has 1 atom stereocenters. The predicted octanol–water partition coefficient (Wildman–Crippen LogP) is 3.55. The third-order valence-corrected chi connectivity index (χ3v) is 6.04. The minimum atomic E-state index is 0.252. The Labute approximate surface area is 113 Å². The van der Waals surface area contributed by atoms with Gasteiger partial charge in [-0.3, -0.25) is 4.90 Å². The van der Waals surface area contributed by atoms with E-state index in [1.807, 2.05) is 0 Å². The first-order chi connectivity index (χ1) is 8.53. The summed E-state index contributed by atoms with van der Waals surface area (Å²) in [4.78, 5) is 2.70. The molecule has 0 aromatic rings. The van der Waals surface area contributed by atoms with E-state index < -0.39 is 0 Å². The van der Waals surface area contributed by atoms with Gasteiger partial charge in [-0.25, -0.2) is 0 Å². The average molecular weight is 252 g/mol. The summed E-state index contributed by atoms with van der Waals surface area (Å²) in [5, 5.41) is 0. The summed E-state index contributed by atoms with van der Waals surface area (Å²) in [6, 6.07) is 0.772. The van der Waals surface area contributed by atoms with Gasteiger partial charge in [0.05, 0.1) is 0 Å². The normalized spacial score (nSPS) is 33.8. The lowest BCUT2D eigenvalue weighted by Gasteiger charge is -2.51. The quantitative estimate of drug-likeness (QED) is 0.778. The summed E-state index contributed by atoms with van der Waals surface area (Å²) in [7, 11) is 2.36. The largest absolute Gasteiger partial charge is 0.329 e. The van der Waals surface area contributed by atoms with Gasteiger partial charge in [0.25, 0.3) is 0 Å². The Bertz CT molecular complexity index is 266. The molecule has 2 N–H and O–H groups in total. The Balaban J connectivity index is 2.16. The molecule has 1 unspecified atom stereocenters. The molecule has 2 fully saturated rings. The molecule has 2 heteroatoms. The van der Waals surface area contributed by atoms with Crippen LogP contribution in [0.1, 0.15) is 71.6 Å². The third kappa shape index (κ3) is 2.34. The number of hydrogen-bond acceptors (Lipinski definition) is 2. The number of nitrogens with zero attached hydrogens (tertiary/aromatic N) is 1. The van der Waals surface area contributed by atoms with Crippen molar-refractivity contribution >= 4 is 0 Å². The van der Waals surface area contributed by atoms with Gasteiger partial charge in [0.2, 0.25) is 0 Å². The van der Waals surface area contributed by atoms with Crippen molar-refractivity contribution < 1.29 is 0 Å². The summed E-state index contributed by atoms with van der Waals surface area (Å²) >= 11 is 0. The highest BCUT2D eigenvalue weighted by molar-refractivity contribution is 5.07. The van der Waals surface area contributed by atoms with Gasteiger partial charge in [-0.1, -0.05) is 46.0 Å². The van der Waals surface area contributed by atoms with Crippen molar-refractivity contribution in [3.63, 3.8) is 0 Å². The van der Waals surface area contributed by atoms with Crippen molar-refractivity contribution in [2.45, 2.75) is 83.2 Å². The molecule has 106 valence electrons. The van der Waals surface area contributed by atoms with Crippen LogP contribution in [0.25, 0.3) is 0 Å². The van der Waals surface area contributed by atoms with Crippen molar-refractivity contribution in [2.75, 3.05) is 13.6 Å². The lowest BCUT2D eigenvalue weighted by atomic mass is 9.73. The van der Waals surface area contributed by atoms with E-state index in [1.54, 1.807) is 0 Å². The average Bonchev–Trinajstić information content (AvgIpc) is 2.56. The molecule has 0 aromatic carbocycles. The maximum Gasteiger partial charge on any atom is 0.0382 e. The van der Waals surface area contributed by atoms with E-state index in [-0.39, 0.29) is 5.54 Å². The van der Waals surface area contributed by atoms with E-state index >= 15 is 0 Å². The number of nitrogens with two attached hydrogens (primary N) is 1. The molecule has 2 aliphatic rings. The highest BCUT2D eigenvalue weighted by Gasteiger charge is 2.51. The Morgan fingerprint density at radius 2 is 1.61 bits per heavy atom. The van der Waals surface area contributed by atoms with Crippen LogP contribution in [0.15, 0.2) is 0 Å². The van der Waals surface area contributed by atoms with Gasteiger partial charge in [0.15, 0.2) is 0 Å². The molecule has 0 amide bonds. The molecule has 0 saturated heterocycles. The molecular formula is C16H32N2. The van der Waals surface area contributed by atoms with E-state index in [2.05, 4.69) is 25.8 Å². The molecule has 0 radical (unpaired) electrons. The van der Waals surface area contributed by atoms with Crippen molar-refractivity contribution in [3.8, 4) is 0 Å². The van der Waals surface area contributed by atoms with Gasteiger partial charge in [0, 0.05) is 18.1 Å². The van der Waals surface area contributed by atoms with E-state index in [0.717, 1.165) is 12.6 Å². The Morgan fingerprint density at radius 1 is 1.00 bits per heavy atom. The van der Waals surface area contributed by atoms with Crippen LogP contribution >= 0.6 is 0 Å². The zero-order valence-corrected chi connectivity index (χ0v) is 12.7. The lowest BCUT2D eigenvalue weighted by molar-refractivity contribution is -0.00284. The van der Waals surface area contributed by atoms with E-state index in [0.29, 0.717) is 5.41 Å². The van der Waals surface area contributed by atoms with Crippen molar-refractivity contribution in [1.82, 2.24) is 4.90 Å². The maximum absolute atomic E-state index is 6.25. The molecule has 0 bridgehead atoms. The molecule has 2 saturated carbocycles. The van der Waals surface area contributed by atoms with Crippen LogP contribution in [-0.2, 0) is 0 Å². The maximum atomic E-state index is 6.25. The first kappa shape index (κ1) is 14.3. The van der Waals surface area contributed by atoms with Gasteiger partial charge in [-0.15, -0.1) is 0 Å². The Kier molecular flexibility index (Phi) is 4.38. The fourth-order valence-electron chi connectivity index (χ4n) is 4.56. The van der Waals surface area contributed by atoms with Crippen LogP contribution in [0, 0.1) is 5.41 Å². The first-order valence-electron chi connectivity index (χ1n) is 7.96. The van der Waals surface area contributed by atoms with Crippen LogP contribution < -0.4 is 5.73 Å². The fourth-order valence-corrected chi connectivity index (χ4v) is 4.56. The van der Waals surface area contributed by atoms with E-state index in [4.69, 9.17) is 5.73 Å². The van der Waals surface area contributed by atoms with Gasteiger partial charge in [-0.2, -0.15) is 0 Å². The fraction of sp³-hybridized carbons (Fsp3) is 1.00. The highest BCUT2D eigenvalue weighted by Crippen LogP contribution is 2.50. The minimum Gasteiger partial charge on any atom is -0.329 e. The summed E-state index contributed by atoms with van der Waals surface area (Å²) in [5.74, 6) is 0. The van der Waals surface area contributed by atoms with Crippen molar-refractivity contribution in [1.29, 1.82) is 0 Å². The second kappa shape index (κ2) is 5.50. The lowest BCUT2D eigenvalue weighted by Crippen LogP contribution is -2.61. The molecule has 0 heterocycles. The topological polar surface area (TPSA) is 29.3 Å². The summed E-state index contributed by atoms with van der Waals surface area (Å²) < 4.78 is 0. The van der Waals surface area contributed by atoms with Crippen molar-refractivity contribution in [2.24, 2.45) is 11.1 Å². The Morgan fingerprint density at radius 3 is 2.06 bits per heavy atom. The van der Waals surface area contributed by atoms with Gasteiger partial charge < -0.3 is 5.73 Å². The SMILES string of the molecule is CN(C1CCCCCC1)C1(CN)CCCC1(C)C. The van der Waals surface area contributed by atoms with Gasteiger partial charge in [-0.05, 0) is 38.1 Å². The molecule has 0 spiro atoms. The third-order valence-electron chi connectivity index (χ3n) is 6.04. The van der Waals surface area contributed by atoms with E-state index in [1.165, 1.54) is 57.8 Å². The number of rotatable bonds is 3. The summed E-state index contributed by atoms with van der Waals surface area (Å²) in [6.07, 6.45) is 12.4. The molecule has 0 aromatic heterocycles. The minimum absolute atomic E-state index is 0.252. The molecular weight excluding hydrogens is 220 g/mol. The van der Waals surface area contributed by atoms with Crippen molar-refractivity contribution in [3.05, 3.63) is 0 Å². The smallest absolute Gasteiger partial charge is 0.0382 e.